The first-order chi connectivity index (χ1) is 29.1. The molecule has 11 rings (SSSR count). The van der Waals surface area contributed by atoms with Crippen molar-refractivity contribution in [1.29, 1.82) is 0 Å². The Balaban J connectivity index is 1.15. The second-order valence-corrected chi connectivity index (χ2v) is 17.0. The van der Waals surface area contributed by atoms with Gasteiger partial charge < -0.3 is 4.57 Å². The van der Waals surface area contributed by atoms with Gasteiger partial charge in [0.1, 0.15) is 0 Å². The topological polar surface area (TPSA) is 54.3 Å². The van der Waals surface area contributed by atoms with E-state index >= 15 is 4.57 Å². The highest BCUT2D eigenvalue weighted by Crippen LogP contribution is 2.70. The summed E-state index contributed by atoms with van der Waals surface area (Å²) in [4.78, 5) is 10.5. The zero-order valence-corrected chi connectivity index (χ0v) is 32.8. The van der Waals surface area contributed by atoms with Gasteiger partial charge in [-0.25, -0.2) is 14.6 Å². The van der Waals surface area contributed by atoms with Gasteiger partial charge in [0.15, 0.2) is 0 Å². The van der Waals surface area contributed by atoms with E-state index in [9.17, 15) is 0 Å². The number of para-hydroxylation sites is 3. The average Bonchev–Trinajstić information content (AvgIpc) is 3.79. The Morgan fingerprint density at radius 3 is 1.53 bits per heavy atom. The molecule has 0 saturated heterocycles. The van der Waals surface area contributed by atoms with Crippen molar-refractivity contribution in [3.8, 4) is 39.3 Å². The fourth-order valence-electron chi connectivity index (χ4n) is 8.43. The van der Waals surface area contributed by atoms with Crippen LogP contribution in [0, 0.1) is 0 Å². The van der Waals surface area contributed by atoms with Gasteiger partial charge in [0.2, 0.25) is 5.95 Å². The van der Waals surface area contributed by atoms with Crippen LogP contribution in [0.2, 0.25) is 0 Å². The predicted molar refractivity (Wildman–Crippen MR) is 244 cm³/mol. The highest BCUT2D eigenvalue weighted by atomic mass is 31.2. The van der Waals surface area contributed by atoms with E-state index < -0.39 is 7.44 Å². The maximum absolute atomic E-state index is 16.7. The van der Waals surface area contributed by atoms with E-state index in [0.29, 0.717) is 11.3 Å². The molecule has 1 aliphatic heterocycles. The second kappa shape index (κ2) is 14.1. The Morgan fingerprint density at radius 2 is 0.881 bits per heavy atom. The molecule has 0 radical (unpaired) electrons. The summed E-state index contributed by atoms with van der Waals surface area (Å²) in [5.74, 6) is 0.361. The highest BCUT2D eigenvalue weighted by Gasteiger charge is 2.50. The minimum absolute atomic E-state index is 0.361. The van der Waals surface area contributed by atoms with Crippen LogP contribution in [0.5, 0.6) is 0 Å². The van der Waals surface area contributed by atoms with Gasteiger partial charge in [-0.2, -0.15) is 0 Å². The van der Waals surface area contributed by atoms with Gasteiger partial charge in [-0.3, -0.25) is 9.24 Å². The zero-order valence-electron chi connectivity index (χ0n) is 31.9. The number of fused-ring (bicyclic) bond motifs is 4. The fraction of sp³-hybridized carbons (Fsp3) is 0. The molecule has 10 aromatic rings. The van der Waals surface area contributed by atoms with Gasteiger partial charge in [-0.1, -0.05) is 146 Å². The lowest BCUT2D eigenvalue weighted by Gasteiger charge is -2.32. The monoisotopic (exact) mass is 777 g/mol. The van der Waals surface area contributed by atoms with Crippen LogP contribution < -0.4 is 14.6 Å². The SMILES string of the molecule is O=P1(c2ccccc2)N(c2ccccc2)c2cc(-c3ccc4c(c3)c3ccccc3n4-c3ccccc3)ccc2N1c1nc(-c2ccccc2)cc(-c2ccccc2)n1. The molecule has 0 amide bonds. The van der Waals surface area contributed by atoms with Gasteiger partial charge in [-0.05, 0) is 83.9 Å². The Labute approximate surface area is 342 Å². The third-order valence-electron chi connectivity index (χ3n) is 11.1. The molecule has 6 nitrogen and oxygen atoms in total. The van der Waals surface area contributed by atoms with Gasteiger partial charge >= 0.3 is 7.44 Å². The molecule has 59 heavy (non-hydrogen) atoms. The molecule has 0 spiro atoms. The van der Waals surface area contributed by atoms with E-state index in [0.717, 1.165) is 67.4 Å². The minimum atomic E-state index is -3.77. The molecule has 7 heteroatoms. The standard InChI is InChI=1S/C52H36N5OP/c58-59(43-26-14-5-15-27-43)56(42-24-12-4-13-25-42)51-35-40(39-30-32-49-45(34-39)44-28-16-17-29-48(44)55(49)41-22-10-3-11-23-41)31-33-50(51)57(59)52-53-46(37-18-6-1-7-19-37)36-47(54-52)38-20-8-2-9-21-38/h1-36H. The van der Waals surface area contributed by atoms with Crippen LogP contribution >= 0.6 is 7.44 Å². The molecule has 1 atom stereocenters. The van der Waals surface area contributed by atoms with Crippen molar-refractivity contribution < 1.29 is 4.57 Å². The largest absolute Gasteiger partial charge is 0.309 e. The van der Waals surface area contributed by atoms with Gasteiger partial charge in [0, 0.05) is 33.3 Å². The number of aromatic nitrogens is 3. The van der Waals surface area contributed by atoms with Crippen molar-refractivity contribution in [3.05, 3.63) is 218 Å². The zero-order chi connectivity index (χ0) is 39.3. The molecule has 2 aromatic heterocycles. The Kier molecular flexibility index (Phi) is 8.31. The Hall–Kier alpha value is -7.53. The fourth-order valence-corrected chi connectivity index (χ4v) is 11.3. The summed E-state index contributed by atoms with van der Waals surface area (Å²) in [6.07, 6.45) is 0. The molecule has 3 heterocycles. The number of rotatable bonds is 7. The number of nitrogens with zero attached hydrogens (tertiary/aromatic N) is 5. The quantitative estimate of drug-likeness (QED) is 0.151. The molecule has 1 unspecified atom stereocenters. The Morgan fingerprint density at radius 1 is 0.373 bits per heavy atom. The summed E-state index contributed by atoms with van der Waals surface area (Å²) in [5.41, 5.74) is 11.2. The van der Waals surface area contributed by atoms with Crippen molar-refractivity contribution in [2.75, 3.05) is 9.34 Å². The van der Waals surface area contributed by atoms with E-state index in [1.165, 1.54) is 10.8 Å². The van der Waals surface area contributed by atoms with E-state index in [1.807, 2.05) is 143 Å². The van der Waals surface area contributed by atoms with E-state index in [-0.39, 0.29) is 0 Å². The molecule has 0 N–H and O–H groups in total. The lowest BCUT2D eigenvalue weighted by atomic mass is 10.0. The van der Waals surface area contributed by atoms with Crippen molar-refractivity contribution in [3.63, 3.8) is 0 Å². The summed E-state index contributed by atoms with van der Waals surface area (Å²) in [7, 11) is -3.77. The normalized spacial score (nSPS) is 14.8. The summed E-state index contributed by atoms with van der Waals surface area (Å²) in [5, 5.41) is 3.02. The lowest BCUT2D eigenvalue weighted by molar-refractivity contribution is 0.582. The smallest absolute Gasteiger partial charge is 0.304 e. The van der Waals surface area contributed by atoms with Crippen LogP contribution in [0.1, 0.15) is 0 Å². The summed E-state index contributed by atoms with van der Waals surface area (Å²) < 4.78 is 22.9. The van der Waals surface area contributed by atoms with Crippen molar-refractivity contribution in [2.24, 2.45) is 0 Å². The first-order valence-corrected chi connectivity index (χ1v) is 21.3. The van der Waals surface area contributed by atoms with Crippen LogP contribution in [0.15, 0.2) is 218 Å². The predicted octanol–water partition coefficient (Wildman–Crippen LogP) is 13.4. The molecular formula is C52H36N5OP. The van der Waals surface area contributed by atoms with Gasteiger partial charge in [0.25, 0.3) is 0 Å². The molecule has 0 fully saturated rings. The third kappa shape index (κ3) is 5.76. The summed E-state index contributed by atoms with van der Waals surface area (Å²) in [6, 6.07) is 74.2. The minimum Gasteiger partial charge on any atom is -0.309 e. The average molecular weight is 778 g/mol. The molecular weight excluding hydrogens is 742 g/mol. The molecule has 0 bridgehead atoms. The second-order valence-electron chi connectivity index (χ2n) is 14.6. The van der Waals surface area contributed by atoms with Crippen LogP contribution in [-0.2, 0) is 4.57 Å². The number of hydrogen-bond acceptors (Lipinski definition) is 3. The highest BCUT2D eigenvalue weighted by molar-refractivity contribution is 7.76. The molecule has 0 aliphatic carbocycles. The van der Waals surface area contributed by atoms with Crippen LogP contribution in [0.4, 0.5) is 23.0 Å². The molecule has 1 aliphatic rings. The van der Waals surface area contributed by atoms with Gasteiger partial charge in [-0.15, -0.1) is 0 Å². The maximum Gasteiger partial charge on any atom is 0.304 e. The van der Waals surface area contributed by atoms with Gasteiger partial charge in [0.05, 0.1) is 39.1 Å². The maximum atomic E-state index is 16.7. The molecule has 280 valence electrons. The number of anilines is 4. The van der Waals surface area contributed by atoms with Crippen LogP contribution in [0.3, 0.4) is 0 Å². The van der Waals surface area contributed by atoms with E-state index in [2.05, 4.69) is 89.5 Å². The number of hydrogen-bond donors (Lipinski definition) is 0. The lowest BCUT2D eigenvalue weighted by Crippen LogP contribution is -2.27. The molecule has 8 aromatic carbocycles. The molecule has 0 saturated carbocycles. The summed E-state index contributed by atoms with van der Waals surface area (Å²) in [6.45, 7) is 0. The summed E-state index contributed by atoms with van der Waals surface area (Å²) >= 11 is 0. The first kappa shape index (κ1) is 34.7. The Bertz CT molecular complexity index is 3130. The van der Waals surface area contributed by atoms with E-state index in [1.54, 1.807) is 0 Å². The van der Waals surface area contributed by atoms with Crippen LogP contribution in [0.25, 0.3) is 61.1 Å². The van der Waals surface area contributed by atoms with Crippen molar-refractivity contribution in [1.82, 2.24) is 14.5 Å². The van der Waals surface area contributed by atoms with Crippen molar-refractivity contribution >= 4 is 57.6 Å². The first-order valence-electron chi connectivity index (χ1n) is 19.7. The van der Waals surface area contributed by atoms with Crippen molar-refractivity contribution in [2.45, 2.75) is 0 Å². The van der Waals surface area contributed by atoms with Crippen LogP contribution in [-0.4, -0.2) is 14.5 Å². The van der Waals surface area contributed by atoms with E-state index in [4.69, 9.17) is 9.97 Å². The third-order valence-corrected chi connectivity index (χ3v) is 14.0. The number of benzene rings is 8.